The third-order valence-corrected chi connectivity index (χ3v) is 3.90. The minimum absolute atomic E-state index is 0.00251. The van der Waals surface area contributed by atoms with Crippen LogP contribution >= 0.6 is 0 Å². The Kier molecular flexibility index (Phi) is 2.67. The number of nitrogens with one attached hydrogen (secondary N) is 1. The van der Waals surface area contributed by atoms with E-state index in [1.165, 1.54) is 0 Å². The number of hydrogen-bond acceptors (Lipinski definition) is 4. The lowest BCUT2D eigenvalue weighted by Gasteiger charge is -2.03. The first-order valence-electron chi connectivity index (χ1n) is 6.96. The average Bonchev–Trinajstić information content (AvgIpc) is 3.05. The third kappa shape index (κ3) is 1.85. The van der Waals surface area contributed by atoms with E-state index in [0.29, 0.717) is 17.9 Å². The molecule has 0 atom stereocenters. The molecular weight excluding hydrogens is 280 g/mol. The van der Waals surface area contributed by atoms with Crippen molar-refractivity contribution in [1.82, 2.24) is 9.38 Å². The molecule has 110 valence electrons. The quantitative estimate of drug-likeness (QED) is 0.669. The van der Waals surface area contributed by atoms with Gasteiger partial charge in [-0.05, 0) is 29.3 Å². The van der Waals surface area contributed by atoms with E-state index >= 15 is 0 Å². The first-order valence-corrected chi connectivity index (χ1v) is 6.96. The Morgan fingerprint density at radius 2 is 2.18 bits per heavy atom. The molecular formula is C16H14N4O2. The van der Waals surface area contributed by atoms with E-state index in [9.17, 15) is 9.90 Å². The summed E-state index contributed by atoms with van der Waals surface area (Å²) in [4.78, 5) is 16.0. The van der Waals surface area contributed by atoms with Crippen molar-refractivity contribution in [3.8, 4) is 11.3 Å². The molecule has 0 fully saturated rings. The van der Waals surface area contributed by atoms with Gasteiger partial charge in [-0.15, -0.1) is 0 Å². The van der Waals surface area contributed by atoms with Crippen LogP contribution in [-0.2, 0) is 17.8 Å². The summed E-state index contributed by atoms with van der Waals surface area (Å²) in [5.41, 5.74) is 11.0. The number of aliphatic hydroxyl groups is 1. The summed E-state index contributed by atoms with van der Waals surface area (Å²) in [7, 11) is 0. The van der Waals surface area contributed by atoms with Crippen LogP contribution in [0, 0.1) is 0 Å². The van der Waals surface area contributed by atoms with E-state index in [1.54, 1.807) is 10.6 Å². The summed E-state index contributed by atoms with van der Waals surface area (Å²) in [5.74, 6) is 0.519. The number of carbonyl (C=O) groups excluding carboxylic acids is 1. The smallest absolute Gasteiger partial charge is 0.228 e. The zero-order valence-corrected chi connectivity index (χ0v) is 11.7. The predicted molar refractivity (Wildman–Crippen MR) is 83.3 cm³/mol. The maximum Gasteiger partial charge on any atom is 0.228 e. The van der Waals surface area contributed by atoms with Crippen LogP contribution in [0.15, 0.2) is 36.5 Å². The zero-order chi connectivity index (χ0) is 15.3. The SMILES string of the molecule is Nc1c(-c2ccc3c(c2)CC(=O)N3)nc2ccc(CO)cn12. The van der Waals surface area contributed by atoms with Gasteiger partial charge in [-0.2, -0.15) is 0 Å². The molecule has 4 N–H and O–H groups in total. The highest BCUT2D eigenvalue weighted by atomic mass is 16.3. The molecule has 1 aromatic carbocycles. The van der Waals surface area contributed by atoms with Crippen LogP contribution in [0.5, 0.6) is 0 Å². The lowest BCUT2D eigenvalue weighted by molar-refractivity contribution is -0.115. The summed E-state index contributed by atoms with van der Waals surface area (Å²) >= 11 is 0. The van der Waals surface area contributed by atoms with Gasteiger partial charge in [0.15, 0.2) is 0 Å². The first kappa shape index (κ1) is 12.8. The standard InChI is InChI=1S/C16H14N4O2/c17-16-15(19-13-4-1-9(8-21)7-20(13)16)10-2-3-12-11(5-10)6-14(22)18-12/h1-5,7,21H,6,8,17H2,(H,18,22). The second kappa shape index (κ2) is 4.57. The Bertz CT molecular complexity index is 914. The summed E-state index contributed by atoms with van der Waals surface area (Å²) in [6.07, 6.45) is 2.16. The van der Waals surface area contributed by atoms with E-state index in [4.69, 9.17) is 5.73 Å². The van der Waals surface area contributed by atoms with Crippen molar-refractivity contribution in [2.45, 2.75) is 13.0 Å². The number of nitrogens with two attached hydrogens (primary N) is 1. The Balaban J connectivity index is 1.86. The fourth-order valence-electron chi connectivity index (χ4n) is 2.79. The van der Waals surface area contributed by atoms with Gasteiger partial charge in [0.25, 0.3) is 0 Å². The van der Waals surface area contributed by atoms with Crippen molar-refractivity contribution in [3.63, 3.8) is 0 Å². The van der Waals surface area contributed by atoms with Crippen LogP contribution in [0.4, 0.5) is 11.5 Å². The molecule has 0 saturated heterocycles. The number of anilines is 2. The number of carbonyl (C=O) groups is 1. The molecule has 0 aliphatic carbocycles. The topological polar surface area (TPSA) is 92.7 Å². The van der Waals surface area contributed by atoms with Crippen molar-refractivity contribution in [2.75, 3.05) is 11.1 Å². The van der Waals surface area contributed by atoms with Crippen LogP contribution < -0.4 is 11.1 Å². The lowest BCUT2D eigenvalue weighted by Crippen LogP contribution is -2.03. The van der Waals surface area contributed by atoms with Gasteiger partial charge >= 0.3 is 0 Å². The molecule has 1 amide bonds. The van der Waals surface area contributed by atoms with E-state index in [-0.39, 0.29) is 12.5 Å². The number of hydrogen-bond donors (Lipinski definition) is 3. The van der Waals surface area contributed by atoms with Gasteiger partial charge in [-0.1, -0.05) is 12.1 Å². The molecule has 22 heavy (non-hydrogen) atoms. The number of nitrogens with zero attached hydrogens (tertiary/aromatic N) is 2. The van der Waals surface area contributed by atoms with Crippen molar-refractivity contribution < 1.29 is 9.90 Å². The summed E-state index contributed by atoms with van der Waals surface area (Å²) < 4.78 is 1.76. The van der Waals surface area contributed by atoms with Gasteiger partial charge in [0, 0.05) is 17.4 Å². The fraction of sp³-hybridized carbons (Fsp3) is 0.125. The molecule has 0 saturated carbocycles. The van der Waals surface area contributed by atoms with Crippen molar-refractivity contribution in [3.05, 3.63) is 47.7 Å². The number of rotatable bonds is 2. The van der Waals surface area contributed by atoms with E-state index in [0.717, 1.165) is 28.0 Å². The van der Waals surface area contributed by atoms with Crippen LogP contribution in [0.2, 0.25) is 0 Å². The average molecular weight is 294 g/mol. The van der Waals surface area contributed by atoms with Gasteiger partial charge in [-0.25, -0.2) is 4.98 Å². The lowest BCUT2D eigenvalue weighted by atomic mass is 10.1. The normalized spacial score (nSPS) is 13.4. The Morgan fingerprint density at radius 1 is 1.32 bits per heavy atom. The number of nitrogen functional groups attached to an aromatic ring is 1. The molecule has 0 radical (unpaired) electrons. The van der Waals surface area contributed by atoms with Crippen LogP contribution in [-0.4, -0.2) is 20.4 Å². The van der Waals surface area contributed by atoms with Crippen molar-refractivity contribution >= 4 is 23.1 Å². The van der Waals surface area contributed by atoms with Gasteiger partial charge in [0.2, 0.25) is 5.91 Å². The van der Waals surface area contributed by atoms with Crippen LogP contribution in [0.3, 0.4) is 0 Å². The number of fused-ring (bicyclic) bond motifs is 2. The van der Waals surface area contributed by atoms with E-state index < -0.39 is 0 Å². The Morgan fingerprint density at radius 3 is 3.00 bits per heavy atom. The van der Waals surface area contributed by atoms with Crippen molar-refractivity contribution in [1.29, 1.82) is 0 Å². The predicted octanol–water partition coefficient (Wildman–Crippen LogP) is 1.57. The fourth-order valence-corrected chi connectivity index (χ4v) is 2.79. The summed E-state index contributed by atoms with van der Waals surface area (Å²) in [6, 6.07) is 9.35. The molecule has 6 nitrogen and oxygen atoms in total. The van der Waals surface area contributed by atoms with Gasteiger partial charge in [0.05, 0.1) is 13.0 Å². The van der Waals surface area contributed by atoms with Crippen LogP contribution in [0.1, 0.15) is 11.1 Å². The number of aromatic nitrogens is 2. The van der Waals surface area contributed by atoms with Gasteiger partial charge in [0.1, 0.15) is 17.2 Å². The number of imidazole rings is 1. The minimum atomic E-state index is -0.0461. The van der Waals surface area contributed by atoms with E-state index in [1.807, 2.05) is 30.3 Å². The molecule has 0 bridgehead atoms. The molecule has 2 aromatic heterocycles. The Hall–Kier alpha value is -2.86. The first-order chi connectivity index (χ1) is 10.7. The van der Waals surface area contributed by atoms with Crippen LogP contribution in [0.25, 0.3) is 16.9 Å². The maximum atomic E-state index is 11.4. The molecule has 3 heterocycles. The molecule has 3 aromatic rings. The zero-order valence-electron chi connectivity index (χ0n) is 11.7. The highest BCUT2D eigenvalue weighted by Crippen LogP contribution is 2.32. The summed E-state index contributed by atoms with van der Waals surface area (Å²) in [5, 5.41) is 12.0. The highest BCUT2D eigenvalue weighted by Gasteiger charge is 2.19. The Labute approximate surface area is 126 Å². The van der Waals surface area contributed by atoms with Gasteiger partial charge < -0.3 is 16.2 Å². The molecule has 1 aliphatic heterocycles. The second-order valence-corrected chi connectivity index (χ2v) is 5.37. The molecule has 4 rings (SSSR count). The van der Waals surface area contributed by atoms with E-state index in [2.05, 4.69) is 10.3 Å². The second-order valence-electron chi connectivity index (χ2n) is 5.37. The largest absolute Gasteiger partial charge is 0.392 e. The number of benzene rings is 1. The molecule has 0 spiro atoms. The number of aliphatic hydroxyl groups excluding tert-OH is 1. The number of amides is 1. The minimum Gasteiger partial charge on any atom is -0.392 e. The monoisotopic (exact) mass is 294 g/mol. The van der Waals surface area contributed by atoms with Crippen molar-refractivity contribution in [2.24, 2.45) is 0 Å². The third-order valence-electron chi connectivity index (χ3n) is 3.90. The summed E-state index contributed by atoms with van der Waals surface area (Å²) in [6.45, 7) is -0.0461. The van der Waals surface area contributed by atoms with Gasteiger partial charge in [-0.3, -0.25) is 9.20 Å². The number of pyridine rings is 1. The maximum absolute atomic E-state index is 11.4. The molecule has 0 unspecified atom stereocenters. The molecule has 1 aliphatic rings. The highest BCUT2D eigenvalue weighted by molar-refractivity contribution is 5.99. The molecule has 6 heteroatoms.